The first kappa shape index (κ1) is 13.2. The molecule has 0 saturated heterocycles. The van der Waals surface area contributed by atoms with Crippen LogP contribution in [0.4, 0.5) is 0 Å². The summed E-state index contributed by atoms with van der Waals surface area (Å²) in [6.07, 6.45) is 2.43. The van der Waals surface area contributed by atoms with Gasteiger partial charge < -0.3 is 4.74 Å². The fraction of sp³-hybridized carbons (Fsp3) is 0.353. The fourth-order valence-corrected chi connectivity index (χ4v) is 1.92. The van der Waals surface area contributed by atoms with E-state index in [0.29, 0.717) is 11.5 Å². The van der Waals surface area contributed by atoms with Crippen molar-refractivity contribution in [3.63, 3.8) is 0 Å². The Hall–Kier alpha value is -2.19. The number of carbonyl (C=O) groups is 1. The van der Waals surface area contributed by atoms with Crippen molar-refractivity contribution < 1.29 is 9.53 Å². The molecule has 0 amide bonds. The Labute approximate surface area is 114 Å². The van der Waals surface area contributed by atoms with Gasteiger partial charge in [-0.25, -0.2) is 4.79 Å². The van der Waals surface area contributed by atoms with Crippen molar-refractivity contribution >= 4 is 5.97 Å². The SMILES string of the molecule is CC[C@@H]1C[C@H]1C#CC#Cc1ccc(C(=O)OC)cc1. The van der Waals surface area contributed by atoms with Crippen LogP contribution >= 0.6 is 0 Å². The Kier molecular flexibility index (Phi) is 4.26. The maximum atomic E-state index is 11.2. The first-order valence-electron chi connectivity index (χ1n) is 6.44. The Balaban J connectivity index is 1.95. The standard InChI is InChI=1S/C17H16O2/c1-3-14-12-16(14)7-5-4-6-13-8-10-15(11-9-13)17(18)19-2/h8-11,14,16H,3,12H2,1-2H3/t14-,16-/m1/s1. The van der Waals surface area contributed by atoms with E-state index in [-0.39, 0.29) is 5.97 Å². The molecule has 0 bridgehead atoms. The van der Waals surface area contributed by atoms with Crippen LogP contribution in [0, 0.1) is 35.5 Å². The molecule has 96 valence electrons. The van der Waals surface area contributed by atoms with Crippen LogP contribution in [-0.4, -0.2) is 13.1 Å². The van der Waals surface area contributed by atoms with Gasteiger partial charge in [0.2, 0.25) is 0 Å². The molecule has 2 atom stereocenters. The van der Waals surface area contributed by atoms with Gasteiger partial charge >= 0.3 is 5.97 Å². The highest BCUT2D eigenvalue weighted by molar-refractivity contribution is 5.89. The molecule has 2 heteroatoms. The minimum atomic E-state index is -0.335. The Morgan fingerprint density at radius 3 is 2.63 bits per heavy atom. The summed E-state index contributed by atoms with van der Waals surface area (Å²) in [5.74, 6) is 12.9. The van der Waals surface area contributed by atoms with Gasteiger partial charge in [0.05, 0.1) is 12.7 Å². The van der Waals surface area contributed by atoms with Crippen LogP contribution in [0.1, 0.15) is 35.7 Å². The number of methoxy groups -OCH3 is 1. The second kappa shape index (κ2) is 6.12. The summed E-state index contributed by atoms with van der Waals surface area (Å²) >= 11 is 0. The summed E-state index contributed by atoms with van der Waals surface area (Å²) < 4.78 is 4.63. The molecule has 1 aliphatic carbocycles. The predicted molar refractivity (Wildman–Crippen MR) is 74.3 cm³/mol. The molecule has 2 rings (SSSR count). The first-order chi connectivity index (χ1) is 9.24. The highest BCUT2D eigenvalue weighted by Crippen LogP contribution is 2.40. The van der Waals surface area contributed by atoms with Gasteiger partial charge in [0.25, 0.3) is 0 Å². The summed E-state index contributed by atoms with van der Waals surface area (Å²) in [7, 11) is 1.37. The summed E-state index contributed by atoms with van der Waals surface area (Å²) in [5.41, 5.74) is 1.38. The number of ether oxygens (including phenoxy) is 1. The second-order valence-electron chi connectivity index (χ2n) is 4.60. The van der Waals surface area contributed by atoms with Crippen LogP contribution in [0.15, 0.2) is 24.3 Å². The number of carbonyl (C=O) groups excluding carboxylic acids is 1. The average molecular weight is 252 g/mol. The number of hydrogen-bond donors (Lipinski definition) is 0. The van der Waals surface area contributed by atoms with Crippen molar-refractivity contribution in [2.75, 3.05) is 7.11 Å². The van der Waals surface area contributed by atoms with Gasteiger partial charge in [-0.05, 0) is 48.4 Å². The molecule has 1 aromatic rings. The van der Waals surface area contributed by atoms with Crippen molar-refractivity contribution in [2.24, 2.45) is 11.8 Å². The lowest BCUT2D eigenvalue weighted by atomic mass is 10.1. The molecule has 0 unspecified atom stereocenters. The highest BCUT2D eigenvalue weighted by Gasteiger charge is 2.33. The van der Waals surface area contributed by atoms with E-state index >= 15 is 0 Å². The maximum Gasteiger partial charge on any atom is 0.337 e. The number of rotatable bonds is 2. The van der Waals surface area contributed by atoms with Crippen molar-refractivity contribution in [3.05, 3.63) is 35.4 Å². The second-order valence-corrected chi connectivity index (χ2v) is 4.60. The minimum Gasteiger partial charge on any atom is -0.465 e. The summed E-state index contributed by atoms with van der Waals surface area (Å²) in [5, 5.41) is 0. The normalized spacial score (nSPS) is 19.5. The molecule has 0 spiro atoms. The molecule has 1 fully saturated rings. The molecule has 1 aliphatic rings. The Bertz CT molecular complexity index is 576. The zero-order chi connectivity index (χ0) is 13.7. The smallest absolute Gasteiger partial charge is 0.337 e. The van der Waals surface area contributed by atoms with E-state index in [1.807, 2.05) is 0 Å². The molecular formula is C17H16O2. The quantitative estimate of drug-likeness (QED) is 0.597. The molecule has 0 heterocycles. The van der Waals surface area contributed by atoms with E-state index in [4.69, 9.17) is 0 Å². The van der Waals surface area contributed by atoms with Gasteiger partial charge in [0.15, 0.2) is 0 Å². The van der Waals surface area contributed by atoms with Gasteiger partial charge in [-0.3, -0.25) is 0 Å². The van der Waals surface area contributed by atoms with E-state index in [1.54, 1.807) is 24.3 Å². The van der Waals surface area contributed by atoms with Crippen LogP contribution in [0.2, 0.25) is 0 Å². The fourth-order valence-electron chi connectivity index (χ4n) is 1.92. The van der Waals surface area contributed by atoms with Gasteiger partial charge in [0, 0.05) is 11.5 Å². The average Bonchev–Trinajstić information content (AvgIpc) is 3.22. The van der Waals surface area contributed by atoms with Crippen molar-refractivity contribution in [1.29, 1.82) is 0 Å². The van der Waals surface area contributed by atoms with E-state index in [0.717, 1.165) is 11.5 Å². The summed E-state index contributed by atoms with van der Waals surface area (Å²) in [6.45, 7) is 2.20. The lowest BCUT2D eigenvalue weighted by Crippen LogP contribution is -2.00. The van der Waals surface area contributed by atoms with Crippen molar-refractivity contribution in [1.82, 2.24) is 0 Å². The molecule has 2 nitrogen and oxygen atoms in total. The summed E-state index contributed by atoms with van der Waals surface area (Å²) in [4.78, 5) is 11.2. The highest BCUT2D eigenvalue weighted by atomic mass is 16.5. The lowest BCUT2D eigenvalue weighted by molar-refractivity contribution is 0.0601. The van der Waals surface area contributed by atoms with Gasteiger partial charge in [-0.15, -0.1) is 0 Å². The van der Waals surface area contributed by atoms with Crippen molar-refractivity contribution in [2.45, 2.75) is 19.8 Å². The van der Waals surface area contributed by atoms with Crippen LogP contribution in [0.25, 0.3) is 0 Å². The van der Waals surface area contributed by atoms with E-state index < -0.39 is 0 Å². The third-order valence-corrected chi connectivity index (χ3v) is 3.28. The Morgan fingerprint density at radius 1 is 1.32 bits per heavy atom. The topological polar surface area (TPSA) is 26.3 Å². The molecule has 1 saturated carbocycles. The molecular weight excluding hydrogens is 236 g/mol. The van der Waals surface area contributed by atoms with Crippen LogP contribution in [0.3, 0.4) is 0 Å². The third kappa shape index (κ3) is 3.63. The Morgan fingerprint density at radius 2 is 2.05 bits per heavy atom. The van der Waals surface area contributed by atoms with Gasteiger partial charge in [0.1, 0.15) is 0 Å². The molecule has 0 radical (unpaired) electrons. The zero-order valence-electron chi connectivity index (χ0n) is 11.2. The molecule has 19 heavy (non-hydrogen) atoms. The lowest BCUT2D eigenvalue weighted by Gasteiger charge is -1.97. The molecule has 1 aromatic carbocycles. The third-order valence-electron chi connectivity index (χ3n) is 3.28. The van der Waals surface area contributed by atoms with E-state index in [9.17, 15) is 4.79 Å². The van der Waals surface area contributed by atoms with E-state index in [2.05, 4.69) is 35.3 Å². The molecule has 0 aliphatic heterocycles. The van der Waals surface area contributed by atoms with Crippen LogP contribution < -0.4 is 0 Å². The van der Waals surface area contributed by atoms with E-state index in [1.165, 1.54) is 20.0 Å². The van der Waals surface area contributed by atoms with Gasteiger partial charge in [-0.1, -0.05) is 25.2 Å². The maximum absolute atomic E-state index is 11.2. The zero-order valence-corrected chi connectivity index (χ0v) is 11.2. The summed E-state index contributed by atoms with van der Waals surface area (Å²) in [6, 6.07) is 7.01. The minimum absolute atomic E-state index is 0.335. The number of esters is 1. The van der Waals surface area contributed by atoms with Crippen LogP contribution in [0.5, 0.6) is 0 Å². The van der Waals surface area contributed by atoms with Crippen LogP contribution in [-0.2, 0) is 4.74 Å². The molecule has 0 aromatic heterocycles. The predicted octanol–water partition coefficient (Wildman–Crippen LogP) is 2.87. The van der Waals surface area contributed by atoms with Crippen molar-refractivity contribution in [3.8, 4) is 23.7 Å². The monoisotopic (exact) mass is 252 g/mol. The van der Waals surface area contributed by atoms with Gasteiger partial charge in [-0.2, -0.15) is 0 Å². The first-order valence-corrected chi connectivity index (χ1v) is 6.44. The largest absolute Gasteiger partial charge is 0.465 e. The number of benzene rings is 1. The molecule has 0 N–H and O–H groups in total. The number of hydrogen-bond acceptors (Lipinski definition) is 2.